The lowest BCUT2D eigenvalue weighted by Gasteiger charge is -2.02. The summed E-state index contributed by atoms with van der Waals surface area (Å²) in [6, 6.07) is 10.3. The summed E-state index contributed by atoms with van der Waals surface area (Å²) in [5, 5.41) is 1.19. The molecule has 24 heavy (non-hydrogen) atoms. The smallest absolute Gasteiger partial charge is 0.00313 e. The number of aryl methyl sites for hydroxylation is 1. The molecular weight excluding hydrogens is 356 g/mol. The van der Waals surface area contributed by atoms with Crippen LogP contribution in [0.3, 0.4) is 0 Å². The van der Waals surface area contributed by atoms with Crippen molar-refractivity contribution in [3.63, 3.8) is 0 Å². The van der Waals surface area contributed by atoms with Crippen molar-refractivity contribution in [1.29, 1.82) is 0 Å². The van der Waals surface area contributed by atoms with Crippen LogP contribution in [0, 0.1) is 6.92 Å². The van der Waals surface area contributed by atoms with Crippen molar-refractivity contribution in [1.82, 2.24) is 0 Å². The molecule has 0 spiro atoms. The molecule has 0 aliphatic rings. The van der Waals surface area contributed by atoms with Gasteiger partial charge in [0.15, 0.2) is 0 Å². The molecule has 0 atom stereocenters. The molecule has 0 saturated heterocycles. The number of halogens is 1. The van der Waals surface area contributed by atoms with Crippen LogP contribution in [0.25, 0.3) is 0 Å². The number of unbranched alkanes of at least 4 members (excludes halogenated alkanes) is 13. The molecule has 0 nitrogen and oxygen atoms in total. The van der Waals surface area contributed by atoms with Crippen molar-refractivity contribution in [2.45, 2.75) is 104 Å². The lowest BCUT2D eigenvalue weighted by Crippen LogP contribution is -1.83. The number of hydrogen-bond donors (Lipinski definition) is 0. The van der Waals surface area contributed by atoms with Crippen molar-refractivity contribution in [3.8, 4) is 0 Å². The van der Waals surface area contributed by atoms with E-state index < -0.39 is 0 Å². The van der Waals surface area contributed by atoms with Gasteiger partial charge in [0.2, 0.25) is 0 Å². The van der Waals surface area contributed by atoms with Gasteiger partial charge < -0.3 is 0 Å². The van der Waals surface area contributed by atoms with Crippen LogP contribution in [0.2, 0.25) is 0 Å². The van der Waals surface area contributed by atoms with E-state index in [0.29, 0.717) is 0 Å². The minimum Gasteiger partial charge on any atom is -0.0928 e. The molecule has 0 aliphatic carbocycles. The average molecular weight is 397 g/mol. The highest BCUT2D eigenvalue weighted by molar-refractivity contribution is 9.09. The summed E-state index contributed by atoms with van der Waals surface area (Å²) in [7, 11) is 0. The van der Waals surface area contributed by atoms with Crippen LogP contribution in [0.1, 0.15) is 102 Å². The first kappa shape index (κ1) is 23.7. The van der Waals surface area contributed by atoms with E-state index in [4.69, 9.17) is 0 Å². The van der Waals surface area contributed by atoms with E-state index in [1.165, 1.54) is 101 Å². The molecule has 0 aromatic heterocycles. The van der Waals surface area contributed by atoms with Crippen LogP contribution >= 0.6 is 15.9 Å². The van der Waals surface area contributed by atoms with Gasteiger partial charge in [0.1, 0.15) is 0 Å². The van der Waals surface area contributed by atoms with Crippen LogP contribution < -0.4 is 0 Å². The SMILES string of the molecule is CCCCCCCCCCCCCCCCBr.Cc1ccccc1. The number of alkyl halides is 1. The maximum atomic E-state index is 3.48. The van der Waals surface area contributed by atoms with Gasteiger partial charge in [-0.2, -0.15) is 0 Å². The largest absolute Gasteiger partial charge is 0.0928 e. The fourth-order valence-corrected chi connectivity index (χ4v) is 3.22. The van der Waals surface area contributed by atoms with Crippen LogP contribution in [0.15, 0.2) is 30.3 Å². The monoisotopic (exact) mass is 396 g/mol. The first-order chi connectivity index (χ1) is 11.8. The first-order valence-electron chi connectivity index (χ1n) is 10.4. The second-order valence-electron chi connectivity index (χ2n) is 6.94. The van der Waals surface area contributed by atoms with Crippen molar-refractivity contribution in [3.05, 3.63) is 35.9 Å². The second-order valence-corrected chi connectivity index (χ2v) is 7.73. The zero-order valence-corrected chi connectivity index (χ0v) is 18.0. The predicted molar refractivity (Wildman–Crippen MR) is 115 cm³/mol. The molecule has 140 valence electrons. The lowest BCUT2D eigenvalue weighted by molar-refractivity contribution is 0.538. The highest BCUT2D eigenvalue weighted by atomic mass is 79.9. The Morgan fingerprint density at radius 3 is 1.25 bits per heavy atom. The fourth-order valence-electron chi connectivity index (χ4n) is 2.82. The van der Waals surface area contributed by atoms with Gasteiger partial charge in [-0.1, -0.05) is 142 Å². The molecule has 1 heteroatoms. The minimum atomic E-state index is 1.19. The standard InChI is InChI=1S/C16H33Br.C7H8/c1-2-3-4-5-6-7-8-9-10-11-12-13-14-15-16-17;1-7-5-3-2-4-6-7/h2-16H2,1H3;2-6H,1H3. The quantitative estimate of drug-likeness (QED) is 0.217. The second kappa shape index (κ2) is 20.7. The zero-order chi connectivity index (χ0) is 17.7. The number of rotatable bonds is 14. The maximum absolute atomic E-state index is 3.48. The molecule has 0 saturated carbocycles. The zero-order valence-electron chi connectivity index (χ0n) is 16.4. The average Bonchev–Trinajstić information content (AvgIpc) is 2.60. The van der Waals surface area contributed by atoms with E-state index in [-0.39, 0.29) is 0 Å². The molecule has 0 bridgehead atoms. The summed E-state index contributed by atoms with van der Waals surface area (Å²) >= 11 is 3.48. The van der Waals surface area contributed by atoms with Gasteiger partial charge in [0, 0.05) is 5.33 Å². The summed E-state index contributed by atoms with van der Waals surface area (Å²) in [4.78, 5) is 0. The molecule has 0 amide bonds. The molecular formula is C23H41Br. The van der Waals surface area contributed by atoms with E-state index >= 15 is 0 Å². The van der Waals surface area contributed by atoms with Gasteiger partial charge in [0.25, 0.3) is 0 Å². The van der Waals surface area contributed by atoms with Gasteiger partial charge in [-0.15, -0.1) is 0 Å². The van der Waals surface area contributed by atoms with E-state index in [9.17, 15) is 0 Å². The fraction of sp³-hybridized carbons (Fsp3) is 0.739. The van der Waals surface area contributed by atoms with E-state index in [0.717, 1.165) is 0 Å². The van der Waals surface area contributed by atoms with Gasteiger partial charge in [-0.25, -0.2) is 0 Å². The van der Waals surface area contributed by atoms with Crippen molar-refractivity contribution < 1.29 is 0 Å². The summed E-state index contributed by atoms with van der Waals surface area (Å²) in [6.07, 6.45) is 20.3. The number of benzene rings is 1. The van der Waals surface area contributed by atoms with Crippen LogP contribution in [0.5, 0.6) is 0 Å². The Balaban J connectivity index is 0.000000620. The highest BCUT2D eigenvalue weighted by Gasteiger charge is 1.93. The molecule has 0 heterocycles. The molecule has 1 aromatic rings. The van der Waals surface area contributed by atoms with Crippen LogP contribution in [-0.2, 0) is 0 Å². The molecule has 1 aromatic carbocycles. The van der Waals surface area contributed by atoms with Crippen molar-refractivity contribution >= 4 is 15.9 Å². The summed E-state index contributed by atoms with van der Waals surface area (Å²) in [5.41, 5.74) is 1.32. The molecule has 0 N–H and O–H groups in total. The maximum Gasteiger partial charge on any atom is 0.00313 e. The minimum absolute atomic E-state index is 1.19. The Hall–Kier alpha value is -0.300. The van der Waals surface area contributed by atoms with E-state index in [2.05, 4.69) is 41.9 Å². The van der Waals surface area contributed by atoms with Gasteiger partial charge in [-0.05, 0) is 13.3 Å². The normalized spacial score (nSPS) is 10.3. The van der Waals surface area contributed by atoms with Gasteiger partial charge in [0.05, 0.1) is 0 Å². The Bertz CT molecular complexity index is 306. The number of hydrogen-bond acceptors (Lipinski definition) is 0. The summed E-state index contributed by atoms with van der Waals surface area (Å²) < 4.78 is 0. The Kier molecular flexibility index (Phi) is 20.5. The molecule has 0 aliphatic heterocycles. The Morgan fingerprint density at radius 2 is 0.958 bits per heavy atom. The molecule has 0 fully saturated rings. The lowest BCUT2D eigenvalue weighted by atomic mass is 10.0. The van der Waals surface area contributed by atoms with Gasteiger partial charge in [-0.3, -0.25) is 0 Å². The first-order valence-corrected chi connectivity index (χ1v) is 11.5. The van der Waals surface area contributed by atoms with Crippen molar-refractivity contribution in [2.24, 2.45) is 0 Å². The summed E-state index contributed by atoms with van der Waals surface area (Å²) in [5.74, 6) is 0. The third-order valence-corrected chi connectivity index (χ3v) is 4.99. The van der Waals surface area contributed by atoms with Gasteiger partial charge >= 0.3 is 0 Å². The van der Waals surface area contributed by atoms with E-state index in [1.54, 1.807) is 0 Å². The van der Waals surface area contributed by atoms with E-state index in [1.807, 2.05) is 18.2 Å². The molecule has 1 rings (SSSR count). The van der Waals surface area contributed by atoms with Crippen LogP contribution in [-0.4, -0.2) is 5.33 Å². The Morgan fingerprint density at radius 1 is 0.583 bits per heavy atom. The third-order valence-electron chi connectivity index (χ3n) is 4.43. The molecule has 0 unspecified atom stereocenters. The highest BCUT2D eigenvalue weighted by Crippen LogP contribution is 2.13. The molecule has 0 radical (unpaired) electrons. The third kappa shape index (κ3) is 19.7. The topological polar surface area (TPSA) is 0 Å². The summed E-state index contributed by atoms with van der Waals surface area (Å²) in [6.45, 7) is 4.37. The van der Waals surface area contributed by atoms with Crippen LogP contribution in [0.4, 0.5) is 0 Å². The Labute approximate surface area is 161 Å². The van der Waals surface area contributed by atoms with Crippen molar-refractivity contribution in [2.75, 3.05) is 5.33 Å². The predicted octanol–water partition coefficient (Wildman–Crippen LogP) is 8.86.